The summed E-state index contributed by atoms with van der Waals surface area (Å²) in [4.78, 5) is 4.37. The van der Waals surface area contributed by atoms with Gasteiger partial charge >= 0.3 is 0 Å². The smallest absolute Gasteiger partial charge is 0.0704 e. The van der Waals surface area contributed by atoms with Crippen molar-refractivity contribution in [2.75, 3.05) is 0 Å². The van der Waals surface area contributed by atoms with Gasteiger partial charge in [0.15, 0.2) is 0 Å². The van der Waals surface area contributed by atoms with E-state index >= 15 is 0 Å². The molecule has 1 atom stereocenters. The number of nitrogens with two attached hydrogens (primary N) is 1. The second-order valence-corrected chi connectivity index (χ2v) is 4.57. The van der Waals surface area contributed by atoms with Crippen molar-refractivity contribution < 1.29 is 0 Å². The Labute approximate surface area is 103 Å². The summed E-state index contributed by atoms with van der Waals surface area (Å²) < 4.78 is 0. The second kappa shape index (κ2) is 5.78. The van der Waals surface area contributed by atoms with Gasteiger partial charge in [-0.2, -0.15) is 0 Å². The molecule has 0 saturated carbocycles. The van der Waals surface area contributed by atoms with Crippen LogP contribution in [0.15, 0.2) is 36.5 Å². The number of fused-ring (bicyclic) bond motifs is 1. The van der Waals surface area contributed by atoms with E-state index in [0.717, 1.165) is 31.2 Å². The van der Waals surface area contributed by atoms with Gasteiger partial charge in [0.1, 0.15) is 0 Å². The highest BCUT2D eigenvalue weighted by Gasteiger charge is 2.04. The average Bonchev–Trinajstić information content (AvgIpc) is 2.36. The van der Waals surface area contributed by atoms with Crippen molar-refractivity contribution in [3.63, 3.8) is 0 Å². The van der Waals surface area contributed by atoms with Gasteiger partial charge in [0.05, 0.1) is 5.52 Å². The second-order valence-electron chi connectivity index (χ2n) is 4.57. The lowest BCUT2D eigenvalue weighted by Crippen LogP contribution is -2.20. The van der Waals surface area contributed by atoms with E-state index in [4.69, 9.17) is 5.73 Å². The number of aryl methyl sites for hydroxylation is 1. The fraction of sp³-hybridized carbons (Fsp3) is 0.400. The summed E-state index contributed by atoms with van der Waals surface area (Å²) in [6.45, 7) is 2.18. The zero-order valence-electron chi connectivity index (χ0n) is 10.4. The fourth-order valence-corrected chi connectivity index (χ4v) is 2.24. The van der Waals surface area contributed by atoms with Gasteiger partial charge in [0, 0.05) is 17.6 Å². The van der Waals surface area contributed by atoms with Gasteiger partial charge in [0.25, 0.3) is 0 Å². The average molecular weight is 228 g/mol. The predicted octanol–water partition coefficient (Wildman–Crippen LogP) is 3.29. The monoisotopic (exact) mass is 228 g/mol. The first-order valence-corrected chi connectivity index (χ1v) is 6.39. The van der Waals surface area contributed by atoms with E-state index in [1.165, 1.54) is 10.9 Å². The van der Waals surface area contributed by atoms with Crippen molar-refractivity contribution in [2.24, 2.45) is 5.73 Å². The minimum Gasteiger partial charge on any atom is -0.328 e. The highest BCUT2D eigenvalue weighted by Crippen LogP contribution is 2.18. The van der Waals surface area contributed by atoms with Crippen molar-refractivity contribution in [1.82, 2.24) is 4.98 Å². The molecular weight excluding hydrogens is 208 g/mol. The van der Waals surface area contributed by atoms with Crippen LogP contribution in [0.25, 0.3) is 10.9 Å². The van der Waals surface area contributed by atoms with Crippen LogP contribution in [0, 0.1) is 0 Å². The lowest BCUT2D eigenvalue weighted by molar-refractivity contribution is 0.562. The fourth-order valence-electron chi connectivity index (χ4n) is 2.24. The lowest BCUT2D eigenvalue weighted by atomic mass is 9.99. The van der Waals surface area contributed by atoms with Gasteiger partial charge in [0.2, 0.25) is 0 Å². The molecule has 2 N–H and O–H groups in total. The van der Waals surface area contributed by atoms with Gasteiger partial charge < -0.3 is 5.73 Å². The molecule has 0 radical (unpaired) electrons. The van der Waals surface area contributed by atoms with Crippen LogP contribution in [0.2, 0.25) is 0 Å². The van der Waals surface area contributed by atoms with Crippen molar-refractivity contribution in [2.45, 2.75) is 38.6 Å². The van der Waals surface area contributed by atoms with Gasteiger partial charge in [-0.05, 0) is 37.0 Å². The van der Waals surface area contributed by atoms with Crippen LogP contribution in [0.3, 0.4) is 0 Å². The molecule has 2 heteroatoms. The predicted molar refractivity (Wildman–Crippen MR) is 72.9 cm³/mol. The van der Waals surface area contributed by atoms with Crippen LogP contribution < -0.4 is 5.73 Å². The summed E-state index contributed by atoms with van der Waals surface area (Å²) in [7, 11) is 0. The van der Waals surface area contributed by atoms with E-state index in [-0.39, 0.29) is 0 Å². The lowest BCUT2D eigenvalue weighted by Gasteiger charge is -2.11. The molecule has 90 valence electrons. The summed E-state index contributed by atoms with van der Waals surface area (Å²) in [5.74, 6) is 0. The molecule has 1 heterocycles. The number of hydrogen-bond donors (Lipinski definition) is 1. The van der Waals surface area contributed by atoms with Crippen LogP contribution in [-0.2, 0) is 6.42 Å². The first-order chi connectivity index (χ1) is 8.31. The number of pyridine rings is 1. The van der Waals surface area contributed by atoms with E-state index in [1.807, 2.05) is 12.3 Å². The van der Waals surface area contributed by atoms with Crippen LogP contribution in [-0.4, -0.2) is 11.0 Å². The maximum absolute atomic E-state index is 6.06. The molecule has 0 saturated heterocycles. The summed E-state index contributed by atoms with van der Waals surface area (Å²) in [5, 5.41) is 1.26. The molecule has 0 aliphatic carbocycles. The number of hydrogen-bond acceptors (Lipinski definition) is 2. The molecule has 2 nitrogen and oxygen atoms in total. The van der Waals surface area contributed by atoms with Crippen LogP contribution >= 0.6 is 0 Å². The van der Waals surface area contributed by atoms with Gasteiger partial charge in [-0.25, -0.2) is 0 Å². The number of benzene rings is 1. The molecule has 1 unspecified atom stereocenters. The van der Waals surface area contributed by atoms with Crippen LogP contribution in [0.1, 0.15) is 31.7 Å². The Morgan fingerprint density at radius 1 is 1.18 bits per heavy atom. The first-order valence-electron chi connectivity index (χ1n) is 6.39. The Balaban J connectivity index is 2.13. The van der Waals surface area contributed by atoms with E-state index in [0.29, 0.717) is 6.04 Å². The van der Waals surface area contributed by atoms with Crippen molar-refractivity contribution in [1.29, 1.82) is 0 Å². The maximum Gasteiger partial charge on any atom is 0.0704 e. The molecule has 2 rings (SSSR count). The number of aromatic nitrogens is 1. The van der Waals surface area contributed by atoms with E-state index in [9.17, 15) is 0 Å². The maximum atomic E-state index is 6.06. The Morgan fingerprint density at radius 3 is 2.88 bits per heavy atom. The van der Waals surface area contributed by atoms with Gasteiger partial charge in [-0.1, -0.05) is 31.5 Å². The summed E-state index contributed by atoms with van der Waals surface area (Å²) >= 11 is 0. The molecular formula is C15H20N2. The third kappa shape index (κ3) is 3.04. The third-order valence-electron chi connectivity index (χ3n) is 3.18. The molecule has 1 aromatic carbocycles. The molecule has 0 fully saturated rings. The topological polar surface area (TPSA) is 38.9 Å². The Hall–Kier alpha value is -1.41. The third-order valence-corrected chi connectivity index (χ3v) is 3.18. The summed E-state index contributed by atoms with van der Waals surface area (Å²) in [5.41, 5.74) is 8.50. The Bertz CT molecular complexity index is 474. The first kappa shape index (κ1) is 12.1. The molecule has 17 heavy (non-hydrogen) atoms. The molecule has 1 aromatic heterocycles. The zero-order valence-corrected chi connectivity index (χ0v) is 10.4. The summed E-state index contributed by atoms with van der Waals surface area (Å²) in [6, 6.07) is 10.8. The Morgan fingerprint density at radius 2 is 2.06 bits per heavy atom. The standard InChI is InChI=1S/C15H20N2/c1-2-5-13(16)10-9-12-6-3-8-15-14(12)7-4-11-17-15/h3-4,6-8,11,13H,2,5,9-10,16H2,1H3. The molecule has 0 amide bonds. The van der Waals surface area contributed by atoms with Crippen LogP contribution in [0.4, 0.5) is 0 Å². The SMILES string of the molecule is CCCC(N)CCc1cccc2ncccc12. The normalized spacial score (nSPS) is 12.8. The number of rotatable bonds is 5. The molecule has 0 spiro atoms. The van der Waals surface area contributed by atoms with E-state index in [2.05, 4.69) is 36.2 Å². The quantitative estimate of drug-likeness (QED) is 0.852. The minimum atomic E-state index is 0.326. The minimum absolute atomic E-state index is 0.326. The molecule has 0 aliphatic heterocycles. The van der Waals surface area contributed by atoms with E-state index in [1.54, 1.807) is 0 Å². The van der Waals surface area contributed by atoms with Gasteiger partial charge in [-0.15, -0.1) is 0 Å². The number of nitrogens with zero attached hydrogens (tertiary/aromatic N) is 1. The van der Waals surface area contributed by atoms with E-state index < -0.39 is 0 Å². The Kier molecular flexibility index (Phi) is 4.10. The molecule has 0 aliphatic rings. The largest absolute Gasteiger partial charge is 0.328 e. The van der Waals surface area contributed by atoms with Crippen molar-refractivity contribution in [3.8, 4) is 0 Å². The van der Waals surface area contributed by atoms with Gasteiger partial charge in [-0.3, -0.25) is 4.98 Å². The van der Waals surface area contributed by atoms with Crippen LogP contribution in [0.5, 0.6) is 0 Å². The molecule has 2 aromatic rings. The highest BCUT2D eigenvalue weighted by molar-refractivity contribution is 5.81. The highest BCUT2D eigenvalue weighted by atomic mass is 14.6. The van der Waals surface area contributed by atoms with Crippen molar-refractivity contribution >= 4 is 10.9 Å². The molecule has 0 bridgehead atoms. The van der Waals surface area contributed by atoms with Crippen molar-refractivity contribution in [3.05, 3.63) is 42.1 Å². The zero-order chi connectivity index (χ0) is 12.1. The summed E-state index contributed by atoms with van der Waals surface area (Å²) in [6.07, 6.45) is 6.22.